The number of nitrogens with one attached hydrogen (secondary N) is 1. The second-order valence-electron chi connectivity index (χ2n) is 3.39. The van der Waals surface area contributed by atoms with Crippen molar-refractivity contribution in [2.45, 2.75) is 11.8 Å². The van der Waals surface area contributed by atoms with Gasteiger partial charge in [0.2, 0.25) is 5.91 Å². The molecule has 0 unspecified atom stereocenters. The van der Waals surface area contributed by atoms with Crippen LogP contribution in [0.25, 0.3) is 10.2 Å². The molecule has 0 aliphatic carbocycles. The number of thiazole rings is 1. The largest absolute Gasteiger partial charge is 0.324 e. The molecule has 0 bridgehead atoms. The molecule has 1 N–H and O–H groups in total. The Kier molecular flexibility index (Phi) is 1.97. The number of benzene rings is 1. The number of nitrogens with zero attached hydrogens (tertiary/aromatic N) is 1. The molecular formula is C10H8N2OS2. The first-order chi connectivity index (χ1) is 7.22. The first-order valence-corrected chi connectivity index (χ1v) is 6.36. The fourth-order valence-corrected chi connectivity index (χ4v) is 3.37. The van der Waals surface area contributed by atoms with E-state index in [1.165, 1.54) is 4.70 Å². The third kappa shape index (κ3) is 1.52. The molecule has 0 saturated carbocycles. The van der Waals surface area contributed by atoms with Crippen molar-refractivity contribution < 1.29 is 4.79 Å². The number of hydrogen-bond donors (Lipinski definition) is 1. The fourth-order valence-electron chi connectivity index (χ4n) is 1.62. The predicted molar refractivity (Wildman–Crippen MR) is 63.7 cm³/mol. The maximum Gasteiger partial charge on any atom is 0.234 e. The lowest BCUT2D eigenvalue weighted by Gasteiger charge is -2.15. The zero-order valence-corrected chi connectivity index (χ0v) is 9.67. The van der Waals surface area contributed by atoms with Crippen LogP contribution >= 0.6 is 23.1 Å². The van der Waals surface area contributed by atoms with E-state index in [1.54, 1.807) is 23.1 Å². The van der Waals surface area contributed by atoms with Crippen LogP contribution in [0.3, 0.4) is 0 Å². The van der Waals surface area contributed by atoms with E-state index in [0.29, 0.717) is 5.75 Å². The molecule has 1 aromatic carbocycles. The van der Waals surface area contributed by atoms with Gasteiger partial charge in [-0.1, -0.05) is 0 Å². The number of thioether (sulfide) groups is 1. The summed E-state index contributed by atoms with van der Waals surface area (Å²) in [5.74, 6) is 0.579. The van der Waals surface area contributed by atoms with Crippen molar-refractivity contribution in [2.75, 3.05) is 11.1 Å². The number of aromatic nitrogens is 1. The average molecular weight is 236 g/mol. The molecule has 0 radical (unpaired) electrons. The van der Waals surface area contributed by atoms with E-state index in [-0.39, 0.29) is 5.91 Å². The minimum absolute atomic E-state index is 0.0683. The van der Waals surface area contributed by atoms with Gasteiger partial charge >= 0.3 is 0 Å². The van der Waals surface area contributed by atoms with Crippen molar-refractivity contribution in [3.8, 4) is 0 Å². The van der Waals surface area contributed by atoms with Gasteiger partial charge < -0.3 is 5.32 Å². The number of carbonyl (C=O) groups excluding carboxylic acids is 1. The van der Waals surface area contributed by atoms with E-state index in [2.05, 4.69) is 16.4 Å². The van der Waals surface area contributed by atoms with Crippen LogP contribution in [-0.2, 0) is 4.79 Å². The molecule has 1 aliphatic heterocycles. The molecule has 3 rings (SSSR count). The van der Waals surface area contributed by atoms with E-state index in [0.717, 1.165) is 21.1 Å². The molecule has 2 aromatic rings. The number of fused-ring (bicyclic) bond motifs is 2. The molecule has 1 amide bonds. The minimum Gasteiger partial charge on any atom is -0.324 e. The molecule has 0 fully saturated rings. The Bertz CT molecular complexity index is 562. The van der Waals surface area contributed by atoms with Crippen molar-refractivity contribution in [2.24, 2.45) is 0 Å². The van der Waals surface area contributed by atoms with Gasteiger partial charge in [-0.2, -0.15) is 0 Å². The highest BCUT2D eigenvalue weighted by molar-refractivity contribution is 8.00. The van der Waals surface area contributed by atoms with E-state index < -0.39 is 0 Å². The van der Waals surface area contributed by atoms with Crippen LogP contribution in [0.1, 0.15) is 5.01 Å². The lowest BCUT2D eigenvalue weighted by atomic mass is 10.3. The Morgan fingerprint density at radius 2 is 2.33 bits per heavy atom. The monoisotopic (exact) mass is 236 g/mol. The number of rotatable bonds is 0. The number of anilines is 1. The van der Waals surface area contributed by atoms with Crippen LogP contribution in [0.15, 0.2) is 17.0 Å². The van der Waals surface area contributed by atoms with Crippen molar-refractivity contribution in [1.29, 1.82) is 0 Å². The summed E-state index contributed by atoms with van der Waals surface area (Å²) in [6, 6.07) is 4.07. The van der Waals surface area contributed by atoms with Gasteiger partial charge in [-0.25, -0.2) is 4.98 Å². The first kappa shape index (κ1) is 9.18. The summed E-state index contributed by atoms with van der Waals surface area (Å²) in [6.45, 7) is 2.00. The van der Waals surface area contributed by atoms with Crippen molar-refractivity contribution >= 4 is 44.9 Å². The van der Waals surface area contributed by atoms with Crippen molar-refractivity contribution in [3.05, 3.63) is 17.1 Å². The Balaban J connectivity index is 2.23. The molecule has 1 aromatic heterocycles. The molecule has 5 heteroatoms. The highest BCUT2D eigenvalue weighted by Crippen LogP contribution is 2.36. The minimum atomic E-state index is 0.0683. The van der Waals surface area contributed by atoms with Crippen molar-refractivity contribution in [1.82, 2.24) is 4.98 Å². The second kappa shape index (κ2) is 3.21. The van der Waals surface area contributed by atoms with Gasteiger partial charge in [-0.15, -0.1) is 23.1 Å². The summed E-state index contributed by atoms with van der Waals surface area (Å²) < 4.78 is 1.19. The topological polar surface area (TPSA) is 42.0 Å². The van der Waals surface area contributed by atoms with E-state index in [4.69, 9.17) is 0 Å². The highest BCUT2D eigenvalue weighted by Gasteiger charge is 2.16. The highest BCUT2D eigenvalue weighted by atomic mass is 32.2. The van der Waals surface area contributed by atoms with Gasteiger partial charge in [-0.3, -0.25) is 4.79 Å². The Labute approximate surface area is 94.9 Å². The van der Waals surface area contributed by atoms with E-state index in [1.807, 2.05) is 13.0 Å². The fraction of sp³-hybridized carbons (Fsp3) is 0.200. The SMILES string of the molecule is Cc1nc2cc3c(cc2s1)SCC(=O)N3. The molecule has 15 heavy (non-hydrogen) atoms. The standard InChI is InChI=1S/C10H8N2OS2/c1-5-11-7-2-6-8(3-9(7)15-5)14-4-10(13)12-6/h2-3H,4H2,1H3,(H,12,13). The van der Waals surface area contributed by atoms with Gasteiger partial charge in [0.25, 0.3) is 0 Å². The summed E-state index contributed by atoms with van der Waals surface area (Å²) in [6.07, 6.45) is 0. The van der Waals surface area contributed by atoms with Crippen LogP contribution in [-0.4, -0.2) is 16.6 Å². The summed E-state index contributed by atoms with van der Waals surface area (Å²) >= 11 is 3.28. The molecular weight excluding hydrogens is 228 g/mol. The van der Waals surface area contributed by atoms with Crippen LogP contribution in [0, 0.1) is 6.92 Å². The quantitative estimate of drug-likeness (QED) is 0.764. The van der Waals surface area contributed by atoms with Gasteiger partial charge in [-0.05, 0) is 19.1 Å². The summed E-state index contributed by atoms with van der Waals surface area (Å²) in [5.41, 5.74) is 1.87. The Morgan fingerprint density at radius 1 is 1.47 bits per heavy atom. The van der Waals surface area contributed by atoms with Crippen LogP contribution in [0.2, 0.25) is 0 Å². The number of hydrogen-bond acceptors (Lipinski definition) is 4. The number of aryl methyl sites for hydroxylation is 1. The van der Waals surface area contributed by atoms with Gasteiger partial charge in [0, 0.05) is 4.90 Å². The number of carbonyl (C=O) groups is 1. The van der Waals surface area contributed by atoms with Gasteiger partial charge in [0.05, 0.1) is 26.7 Å². The summed E-state index contributed by atoms with van der Waals surface area (Å²) in [4.78, 5) is 16.8. The van der Waals surface area contributed by atoms with Crippen LogP contribution in [0.4, 0.5) is 5.69 Å². The smallest absolute Gasteiger partial charge is 0.234 e. The maximum atomic E-state index is 11.2. The molecule has 1 aliphatic rings. The number of amides is 1. The molecule has 0 spiro atoms. The van der Waals surface area contributed by atoms with Crippen LogP contribution in [0.5, 0.6) is 0 Å². The Hall–Kier alpha value is -1.07. The van der Waals surface area contributed by atoms with E-state index >= 15 is 0 Å². The second-order valence-corrected chi connectivity index (χ2v) is 5.64. The lowest BCUT2D eigenvalue weighted by Crippen LogP contribution is -2.18. The zero-order valence-electron chi connectivity index (χ0n) is 8.03. The van der Waals surface area contributed by atoms with Gasteiger partial charge in [0.15, 0.2) is 0 Å². The molecule has 0 atom stereocenters. The van der Waals surface area contributed by atoms with E-state index in [9.17, 15) is 4.79 Å². The molecule has 76 valence electrons. The molecule has 2 heterocycles. The summed E-state index contributed by atoms with van der Waals surface area (Å²) in [5, 5.41) is 3.93. The molecule has 0 saturated heterocycles. The lowest BCUT2D eigenvalue weighted by molar-refractivity contribution is -0.113. The zero-order chi connectivity index (χ0) is 10.4. The first-order valence-electron chi connectivity index (χ1n) is 4.56. The average Bonchev–Trinajstić information content (AvgIpc) is 2.53. The third-order valence-corrected chi connectivity index (χ3v) is 4.22. The Morgan fingerprint density at radius 3 is 3.20 bits per heavy atom. The predicted octanol–water partition coefficient (Wildman–Crippen LogP) is 2.65. The maximum absolute atomic E-state index is 11.2. The van der Waals surface area contributed by atoms with Crippen LogP contribution < -0.4 is 5.32 Å². The van der Waals surface area contributed by atoms with Crippen molar-refractivity contribution in [3.63, 3.8) is 0 Å². The summed E-state index contributed by atoms with van der Waals surface area (Å²) in [7, 11) is 0. The molecule has 3 nitrogen and oxygen atoms in total. The normalized spacial score (nSPS) is 15.1. The third-order valence-electron chi connectivity index (χ3n) is 2.23. The van der Waals surface area contributed by atoms with Gasteiger partial charge in [0.1, 0.15) is 0 Å².